The van der Waals surface area contributed by atoms with E-state index in [1.807, 2.05) is 59.7 Å². The molecule has 108 valence electrons. The first-order valence-electron chi connectivity index (χ1n) is 6.71. The molecular formula is C15H16N4OS. The van der Waals surface area contributed by atoms with E-state index in [2.05, 4.69) is 10.4 Å². The average Bonchev–Trinajstić information content (AvgIpc) is 3.21. The molecule has 0 aromatic carbocycles. The monoisotopic (exact) mass is 300 g/mol. The van der Waals surface area contributed by atoms with E-state index >= 15 is 0 Å². The number of aromatic nitrogens is 3. The van der Waals surface area contributed by atoms with E-state index in [1.165, 1.54) is 0 Å². The van der Waals surface area contributed by atoms with Crippen LogP contribution in [0.2, 0.25) is 0 Å². The number of thiophene rings is 1. The molecular weight excluding hydrogens is 284 g/mol. The van der Waals surface area contributed by atoms with Gasteiger partial charge in [-0.25, -0.2) is 0 Å². The Kier molecular flexibility index (Phi) is 3.87. The molecule has 6 heteroatoms. The van der Waals surface area contributed by atoms with Crippen molar-refractivity contribution in [3.8, 4) is 5.69 Å². The molecule has 0 unspecified atom stereocenters. The maximum Gasteiger partial charge on any atom is 0.242 e. The fourth-order valence-electron chi connectivity index (χ4n) is 2.12. The summed E-state index contributed by atoms with van der Waals surface area (Å²) in [4.78, 5) is 13.2. The van der Waals surface area contributed by atoms with Gasteiger partial charge in [0.05, 0.1) is 17.9 Å². The van der Waals surface area contributed by atoms with Gasteiger partial charge in [-0.1, -0.05) is 6.07 Å². The van der Waals surface area contributed by atoms with Gasteiger partial charge in [-0.3, -0.25) is 9.48 Å². The molecule has 0 spiro atoms. The molecule has 0 saturated carbocycles. The Morgan fingerprint density at radius 3 is 2.90 bits per heavy atom. The maximum atomic E-state index is 12.0. The molecule has 0 fully saturated rings. The maximum absolute atomic E-state index is 12.0. The first kappa shape index (κ1) is 13.6. The molecule has 1 atom stereocenters. The Morgan fingerprint density at radius 2 is 2.19 bits per heavy atom. The van der Waals surface area contributed by atoms with Crippen molar-refractivity contribution in [3.05, 3.63) is 59.3 Å². The molecule has 3 aromatic rings. The molecule has 0 aliphatic rings. The summed E-state index contributed by atoms with van der Waals surface area (Å²) >= 11 is 1.64. The molecule has 3 rings (SSSR count). The van der Waals surface area contributed by atoms with E-state index in [-0.39, 0.29) is 18.5 Å². The second kappa shape index (κ2) is 5.97. The Hall–Kier alpha value is -2.34. The standard InChI is InChI=1S/C15H16N4OS/c1-12(14-5-4-8-21-14)17-15(20)11-19-10-13(9-16-19)18-6-2-3-7-18/h2-10,12H,11H2,1H3,(H,17,20)/t12-/m1/s1. The Balaban J connectivity index is 1.60. The summed E-state index contributed by atoms with van der Waals surface area (Å²) in [5, 5.41) is 9.21. The molecule has 1 N–H and O–H groups in total. The third kappa shape index (κ3) is 3.22. The van der Waals surface area contributed by atoms with Crippen molar-refractivity contribution in [2.75, 3.05) is 0 Å². The predicted molar refractivity (Wildman–Crippen MR) is 82.4 cm³/mol. The first-order valence-corrected chi connectivity index (χ1v) is 7.59. The van der Waals surface area contributed by atoms with Gasteiger partial charge >= 0.3 is 0 Å². The lowest BCUT2D eigenvalue weighted by Gasteiger charge is -2.12. The Morgan fingerprint density at radius 1 is 1.38 bits per heavy atom. The van der Waals surface area contributed by atoms with Crippen molar-refractivity contribution in [2.24, 2.45) is 0 Å². The van der Waals surface area contributed by atoms with Gasteiger partial charge in [-0.15, -0.1) is 11.3 Å². The fraction of sp³-hybridized carbons (Fsp3) is 0.200. The summed E-state index contributed by atoms with van der Waals surface area (Å²) in [6.45, 7) is 2.20. The van der Waals surface area contributed by atoms with Gasteiger partial charge < -0.3 is 9.88 Å². The number of carbonyl (C=O) groups is 1. The zero-order chi connectivity index (χ0) is 14.7. The summed E-state index contributed by atoms with van der Waals surface area (Å²) in [6.07, 6.45) is 7.49. The van der Waals surface area contributed by atoms with Crippen molar-refractivity contribution in [1.82, 2.24) is 19.7 Å². The summed E-state index contributed by atoms with van der Waals surface area (Å²) in [7, 11) is 0. The zero-order valence-electron chi connectivity index (χ0n) is 11.6. The smallest absolute Gasteiger partial charge is 0.242 e. The van der Waals surface area contributed by atoms with E-state index in [9.17, 15) is 4.79 Å². The minimum atomic E-state index is -0.0435. The highest BCUT2D eigenvalue weighted by molar-refractivity contribution is 7.10. The molecule has 0 radical (unpaired) electrons. The second-order valence-corrected chi connectivity index (χ2v) is 5.77. The molecule has 1 amide bonds. The molecule has 0 saturated heterocycles. The number of hydrogen-bond acceptors (Lipinski definition) is 3. The second-order valence-electron chi connectivity index (χ2n) is 4.79. The van der Waals surface area contributed by atoms with Gasteiger partial charge in [0.25, 0.3) is 0 Å². The van der Waals surface area contributed by atoms with Crippen LogP contribution in [-0.4, -0.2) is 20.3 Å². The highest BCUT2D eigenvalue weighted by Crippen LogP contribution is 2.17. The minimum absolute atomic E-state index is 0.0250. The van der Waals surface area contributed by atoms with Crippen molar-refractivity contribution in [2.45, 2.75) is 19.5 Å². The van der Waals surface area contributed by atoms with E-state index in [4.69, 9.17) is 0 Å². The molecule has 0 aliphatic heterocycles. The number of nitrogens with zero attached hydrogens (tertiary/aromatic N) is 3. The van der Waals surface area contributed by atoms with Crippen LogP contribution >= 0.6 is 11.3 Å². The van der Waals surface area contributed by atoms with Crippen LogP contribution in [0.25, 0.3) is 5.69 Å². The number of nitrogens with one attached hydrogen (secondary N) is 1. The van der Waals surface area contributed by atoms with Crippen LogP contribution in [0.4, 0.5) is 0 Å². The molecule has 3 heterocycles. The molecule has 0 aliphatic carbocycles. The van der Waals surface area contributed by atoms with Crippen LogP contribution in [0.1, 0.15) is 17.8 Å². The third-order valence-electron chi connectivity index (χ3n) is 3.18. The fourth-order valence-corrected chi connectivity index (χ4v) is 2.86. The minimum Gasteiger partial charge on any atom is -0.347 e. The van der Waals surface area contributed by atoms with Crippen LogP contribution in [0.5, 0.6) is 0 Å². The van der Waals surface area contributed by atoms with E-state index < -0.39 is 0 Å². The van der Waals surface area contributed by atoms with Crippen LogP contribution in [-0.2, 0) is 11.3 Å². The summed E-state index contributed by atoms with van der Waals surface area (Å²) in [5.74, 6) is -0.0435. The summed E-state index contributed by atoms with van der Waals surface area (Å²) < 4.78 is 3.60. The molecule has 0 bridgehead atoms. The lowest BCUT2D eigenvalue weighted by molar-refractivity contribution is -0.122. The van der Waals surface area contributed by atoms with Gasteiger partial charge in [-0.05, 0) is 30.5 Å². The molecule has 3 aromatic heterocycles. The van der Waals surface area contributed by atoms with Crippen molar-refractivity contribution < 1.29 is 4.79 Å². The normalized spacial score (nSPS) is 12.2. The van der Waals surface area contributed by atoms with Crippen LogP contribution in [0.15, 0.2) is 54.4 Å². The van der Waals surface area contributed by atoms with Crippen LogP contribution in [0, 0.1) is 0 Å². The van der Waals surface area contributed by atoms with Crippen molar-refractivity contribution in [1.29, 1.82) is 0 Å². The number of amides is 1. The number of rotatable bonds is 5. The van der Waals surface area contributed by atoms with E-state index in [0.29, 0.717) is 0 Å². The Bertz CT molecular complexity index is 700. The number of hydrogen-bond donors (Lipinski definition) is 1. The summed E-state index contributed by atoms with van der Waals surface area (Å²) in [6, 6.07) is 7.93. The highest BCUT2D eigenvalue weighted by atomic mass is 32.1. The third-order valence-corrected chi connectivity index (χ3v) is 4.23. The van der Waals surface area contributed by atoms with E-state index in [0.717, 1.165) is 10.6 Å². The van der Waals surface area contributed by atoms with Gasteiger partial charge in [0, 0.05) is 23.5 Å². The number of carbonyl (C=O) groups excluding carboxylic acids is 1. The highest BCUT2D eigenvalue weighted by Gasteiger charge is 2.11. The van der Waals surface area contributed by atoms with Gasteiger partial charge in [0.1, 0.15) is 6.54 Å². The Labute approximate surface area is 126 Å². The van der Waals surface area contributed by atoms with Crippen LogP contribution < -0.4 is 5.32 Å². The SMILES string of the molecule is C[C@@H](NC(=O)Cn1cc(-n2cccc2)cn1)c1cccs1. The zero-order valence-corrected chi connectivity index (χ0v) is 12.5. The lowest BCUT2D eigenvalue weighted by Crippen LogP contribution is -2.29. The topological polar surface area (TPSA) is 51.9 Å². The van der Waals surface area contributed by atoms with Crippen molar-refractivity contribution >= 4 is 17.2 Å². The lowest BCUT2D eigenvalue weighted by atomic mass is 10.3. The van der Waals surface area contributed by atoms with Crippen molar-refractivity contribution in [3.63, 3.8) is 0 Å². The summed E-state index contributed by atoms with van der Waals surface area (Å²) in [5.41, 5.74) is 0.944. The predicted octanol–water partition coefficient (Wildman–Crippen LogP) is 2.61. The first-order chi connectivity index (χ1) is 10.2. The van der Waals surface area contributed by atoms with E-state index in [1.54, 1.807) is 22.2 Å². The molecule has 21 heavy (non-hydrogen) atoms. The largest absolute Gasteiger partial charge is 0.347 e. The molecule has 5 nitrogen and oxygen atoms in total. The van der Waals surface area contributed by atoms with Gasteiger partial charge in [-0.2, -0.15) is 5.10 Å². The van der Waals surface area contributed by atoms with Crippen LogP contribution in [0.3, 0.4) is 0 Å². The van der Waals surface area contributed by atoms with Gasteiger partial charge in [0.2, 0.25) is 5.91 Å². The average molecular weight is 300 g/mol. The van der Waals surface area contributed by atoms with Gasteiger partial charge in [0.15, 0.2) is 0 Å². The quantitative estimate of drug-likeness (QED) is 0.787.